The average Bonchev–Trinajstić information content (AvgIpc) is 2.03. The summed E-state index contributed by atoms with van der Waals surface area (Å²) in [5.41, 5.74) is 1.60. The van der Waals surface area contributed by atoms with Gasteiger partial charge in [-0.15, -0.1) is 0 Å². The van der Waals surface area contributed by atoms with Gasteiger partial charge in [0, 0.05) is 11.9 Å². The summed E-state index contributed by atoms with van der Waals surface area (Å²) in [7, 11) is 0. The zero-order chi connectivity index (χ0) is 8.27. The van der Waals surface area contributed by atoms with E-state index in [2.05, 4.69) is 17.8 Å². The molecule has 0 atom stereocenters. The van der Waals surface area contributed by atoms with E-state index in [0.717, 1.165) is 11.4 Å². The minimum Gasteiger partial charge on any atom is -0.277 e. The molecule has 0 radical (unpaired) electrons. The molecule has 58 valence electrons. The first-order chi connectivity index (χ1) is 5.24. The lowest BCUT2D eigenvalue weighted by atomic mass is 10.3. The summed E-state index contributed by atoms with van der Waals surface area (Å²) in [5.74, 6) is 0. The molecule has 0 spiro atoms. The molecule has 1 amide bonds. The van der Waals surface area contributed by atoms with Crippen molar-refractivity contribution in [1.29, 1.82) is 0 Å². The molecule has 4 heteroatoms. The molecule has 1 rings (SSSR count). The predicted molar refractivity (Wildman–Crippen MR) is 46.5 cm³/mol. The molecule has 0 aliphatic heterocycles. The van der Waals surface area contributed by atoms with Crippen molar-refractivity contribution in [2.24, 2.45) is 0 Å². The first-order valence-corrected chi connectivity index (χ1v) is 3.50. The summed E-state index contributed by atoms with van der Waals surface area (Å²) in [6, 6.07) is 3.50. The third-order valence-electron chi connectivity index (χ3n) is 1.24. The first-order valence-electron chi connectivity index (χ1n) is 3.10. The Bertz CT molecular complexity index is 264. The molecule has 1 aromatic heterocycles. The first kappa shape index (κ1) is 8.07. The van der Waals surface area contributed by atoms with Crippen LogP contribution in [0.5, 0.6) is 0 Å². The van der Waals surface area contributed by atoms with Crippen molar-refractivity contribution in [2.75, 3.05) is 4.31 Å². The van der Waals surface area contributed by atoms with E-state index < -0.39 is 0 Å². The van der Waals surface area contributed by atoms with Gasteiger partial charge in [-0.3, -0.25) is 14.1 Å². The van der Waals surface area contributed by atoms with Crippen molar-refractivity contribution in [1.82, 2.24) is 4.98 Å². The molecule has 11 heavy (non-hydrogen) atoms. The van der Waals surface area contributed by atoms with E-state index in [9.17, 15) is 4.79 Å². The van der Waals surface area contributed by atoms with Crippen molar-refractivity contribution < 1.29 is 4.79 Å². The highest BCUT2D eigenvalue weighted by Crippen LogP contribution is 2.13. The van der Waals surface area contributed by atoms with E-state index in [1.807, 2.05) is 6.92 Å². The Morgan fingerprint density at radius 1 is 1.73 bits per heavy atom. The largest absolute Gasteiger partial charge is 0.277 e. The molecule has 1 aromatic rings. The smallest absolute Gasteiger partial charge is 0.224 e. The van der Waals surface area contributed by atoms with Gasteiger partial charge in [0.05, 0.1) is 5.69 Å². The van der Waals surface area contributed by atoms with Crippen LogP contribution in [0.2, 0.25) is 0 Å². The van der Waals surface area contributed by atoms with Gasteiger partial charge in [-0.1, -0.05) is 12.8 Å². The number of anilines is 1. The van der Waals surface area contributed by atoms with Gasteiger partial charge < -0.3 is 0 Å². The number of hydrogen-bond donors (Lipinski definition) is 1. The molecule has 0 fully saturated rings. The SMILES string of the molecule is Cc1cc(N(S)C=O)ccn1. The van der Waals surface area contributed by atoms with Crippen molar-refractivity contribution >= 4 is 24.9 Å². The second-order valence-electron chi connectivity index (χ2n) is 2.11. The van der Waals surface area contributed by atoms with Gasteiger partial charge in [-0.05, 0) is 19.1 Å². The Hall–Kier alpha value is -1.03. The lowest BCUT2D eigenvalue weighted by Gasteiger charge is -2.07. The zero-order valence-corrected chi connectivity index (χ0v) is 6.95. The standard InChI is InChI=1S/C7H8N2OS/c1-6-4-7(2-3-8-6)9(11)5-10/h2-5,11H,1H3. The zero-order valence-electron chi connectivity index (χ0n) is 6.06. The number of carbonyl (C=O) groups is 1. The van der Waals surface area contributed by atoms with Crippen LogP contribution in [-0.2, 0) is 4.79 Å². The fourth-order valence-corrected chi connectivity index (χ4v) is 0.858. The van der Waals surface area contributed by atoms with Crippen LogP contribution in [0, 0.1) is 6.92 Å². The molecule has 0 saturated carbocycles. The van der Waals surface area contributed by atoms with Crippen molar-refractivity contribution in [3.8, 4) is 0 Å². The van der Waals surface area contributed by atoms with E-state index in [4.69, 9.17) is 0 Å². The molecule has 0 aromatic carbocycles. The maximum absolute atomic E-state index is 10.2. The Labute approximate surface area is 70.6 Å². The van der Waals surface area contributed by atoms with Gasteiger partial charge in [0.15, 0.2) is 0 Å². The van der Waals surface area contributed by atoms with Gasteiger partial charge in [-0.25, -0.2) is 0 Å². The maximum atomic E-state index is 10.2. The Kier molecular flexibility index (Phi) is 2.48. The van der Waals surface area contributed by atoms with E-state index in [0.29, 0.717) is 6.41 Å². The minimum atomic E-state index is 0.637. The van der Waals surface area contributed by atoms with Crippen LogP contribution >= 0.6 is 12.8 Å². The number of aryl methyl sites for hydroxylation is 1. The van der Waals surface area contributed by atoms with Gasteiger partial charge >= 0.3 is 0 Å². The molecular formula is C7H8N2OS. The van der Waals surface area contributed by atoms with Gasteiger partial charge in [0.2, 0.25) is 6.41 Å². The lowest BCUT2D eigenvalue weighted by Crippen LogP contribution is -2.06. The number of nitrogens with zero attached hydrogens (tertiary/aromatic N) is 2. The Balaban J connectivity index is 2.95. The quantitative estimate of drug-likeness (QED) is 0.531. The number of thiol groups is 1. The molecule has 0 bridgehead atoms. The van der Waals surface area contributed by atoms with E-state index >= 15 is 0 Å². The Morgan fingerprint density at radius 3 is 3.00 bits per heavy atom. The summed E-state index contributed by atoms with van der Waals surface area (Å²) in [4.78, 5) is 14.2. The molecule has 3 nitrogen and oxygen atoms in total. The second-order valence-corrected chi connectivity index (χ2v) is 2.54. The number of aromatic nitrogens is 1. The van der Waals surface area contributed by atoms with Crippen LogP contribution in [0.3, 0.4) is 0 Å². The number of rotatable bonds is 2. The fourth-order valence-electron chi connectivity index (χ4n) is 0.734. The fraction of sp³-hybridized carbons (Fsp3) is 0.143. The van der Waals surface area contributed by atoms with Crippen molar-refractivity contribution in [3.05, 3.63) is 24.0 Å². The molecule has 0 aliphatic rings. The third-order valence-corrected chi connectivity index (χ3v) is 1.57. The second kappa shape index (κ2) is 3.39. The van der Waals surface area contributed by atoms with Crippen molar-refractivity contribution in [2.45, 2.75) is 6.92 Å². The van der Waals surface area contributed by atoms with Gasteiger partial charge in [0.1, 0.15) is 0 Å². The summed E-state index contributed by atoms with van der Waals surface area (Å²) in [6.07, 6.45) is 2.27. The molecular weight excluding hydrogens is 160 g/mol. The van der Waals surface area contributed by atoms with Crippen LogP contribution in [0.4, 0.5) is 5.69 Å². The topological polar surface area (TPSA) is 33.2 Å². The van der Waals surface area contributed by atoms with Gasteiger partial charge in [0.25, 0.3) is 0 Å². The van der Waals surface area contributed by atoms with Crippen LogP contribution in [0.25, 0.3) is 0 Å². The highest BCUT2D eigenvalue weighted by molar-refractivity contribution is 7.82. The summed E-state index contributed by atoms with van der Waals surface area (Å²) in [6.45, 7) is 1.86. The molecule has 1 heterocycles. The number of carbonyl (C=O) groups excluding carboxylic acids is 1. The number of pyridine rings is 1. The maximum Gasteiger partial charge on any atom is 0.224 e. The van der Waals surface area contributed by atoms with Crippen LogP contribution in [-0.4, -0.2) is 11.4 Å². The summed E-state index contributed by atoms with van der Waals surface area (Å²) in [5, 5.41) is 0. The number of amides is 1. The lowest BCUT2D eigenvalue weighted by molar-refractivity contribution is -0.106. The predicted octanol–water partition coefficient (Wildman–Crippen LogP) is 1.20. The summed E-state index contributed by atoms with van der Waals surface area (Å²) < 4.78 is 1.20. The highest BCUT2D eigenvalue weighted by atomic mass is 32.1. The molecule has 0 N–H and O–H groups in total. The van der Waals surface area contributed by atoms with E-state index in [1.165, 1.54) is 4.31 Å². The van der Waals surface area contributed by atoms with Crippen molar-refractivity contribution in [3.63, 3.8) is 0 Å². The van der Waals surface area contributed by atoms with E-state index in [-0.39, 0.29) is 0 Å². The Morgan fingerprint density at radius 2 is 2.45 bits per heavy atom. The monoisotopic (exact) mass is 168 g/mol. The van der Waals surface area contributed by atoms with Crippen LogP contribution < -0.4 is 4.31 Å². The normalized spacial score (nSPS) is 9.27. The third kappa shape index (κ3) is 1.94. The van der Waals surface area contributed by atoms with Crippen LogP contribution in [0.1, 0.15) is 5.69 Å². The minimum absolute atomic E-state index is 0.637. The average molecular weight is 168 g/mol. The number of hydrogen-bond acceptors (Lipinski definition) is 3. The van der Waals surface area contributed by atoms with Gasteiger partial charge in [-0.2, -0.15) is 0 Å². The van der Waals surface area contributed by atoms with E-state index in [1.54, 1.807) is 18.3 Å². The highest BCUT2D eigenvalue weighted by Gasteiger charge is 1.98. The molecule has 0 saturated heterocycles. The summed E-state index contributed by atoms with van der Waals surface area (Å²) >= 11 is 3.90. The molecule has 0 unspecified atom stereocenters. The van der Waals surface area contributed by atoms with Crippen LogP contribution in [0.15, 0.2) is 18.3 Å². The molecule has 0 aliphatic carbocycles.